The zero-order valence-corrected chi connectivity index (χ0v) is 11.7. The van der Waals surface area contributed by atoms with Crippen LogP contribution in [0.15, 0.2) is 0 Å². The lowest BCUT2D eigenvalue weighted by Gasteiger charge is -2.28. The first-order chi connectivity index (χ1) is 8.67. The first kappa shape index (κ1) is 15.4. The lowest BCUT2D eigenvalue weighted by atomic mass is 9.85. The number of ether oxygens (including phenoxy) is 2. The SMILES string of the molecule is CCOC(=O)C(N)CCOC1CCCC(CC)C1. The van der Waals surface area contributed by atoms with E-state index in [-0.39, 0.29) is 5.97 Å². The molecule has 1 aliphatic rings. The number of carbonyl (C=O) groups is 1. The summed E-state index contributed by atoms with van der Waals surface area (Å²) in [5.41, 5.74) is 5.72. The van der Waals surface area contributed by atoms with E-state index in [1.165, 1.54) is 19.3 Å². The maximum absolute atomic E-state index is 11.3. The third kappa shape index (κ3) is 5.36. The van der Waals surface area contributed by atoms with Gasteiger partial charge in [0.15, 0.2) is 0 Å². The second kappa shape index (κ2) is 8.48. The molecule has 0 spiro atoms. The van der Waals surface area contributed by atoms with Gasteiger partial charge in [-0.3, -0.25) is 4.79 Å². The average Bonchev–Trinajstić information content (AvgIpc) is 2.39. The van der Waals surface area contributed by atoms with Crippen LogP contribution in [0.5, 0.6) is 0 Å². The molecule has 18 heavy (non-hydrogen) atoms. The van der Waals surface area contributed by atoms with Crippen LogP contribution in [-0.2, 0) is 14.3 Å². The lowest BCUT2D eigenvalue weighted by molar-refractivity contribution is -0.145. The van der Waals surface area contributed by atoms with Crippen molar-refractivity contribution in [2.24, 2.45) is 11.7 Å². The molecule has 1 rings (SSSR count). The van der Waals surface area contributed by atoms with Crippen LogP contribution >= 0.6 is 0 Å². The Morgan fingerprint density at radius 1 is 1.39 bits per heavy atom. The summed E-state index contributed by atoms with van der Waals surface area (Å²) in [5, 5.41) is 0. The Hall–Kier alpha value is -0.610. The molecule has 0 radical (unpaired) electrons. The zero-order valence-electron chi connectivity index (χ0n) is 11.7. The highest BCUT2D eigenvalue weighted by Gasteiger charge is 2.22. The molecule has 3 unspecified atom stereocenters. The summed E-state index contributed by atoms with van der Waals surface area (Å²) in [6, 6.07) is -0.546. The minimum absolute atomic E-state index is 0.323. The molecule has 0 aliphatic heterocycles. The van der Waals surface area contributed by atoms with Crippen molar-refractivity contribution in [3.05, 3.63) is 0 Å². The number of hydrogen-bond acceptors (Lipinski definition) is 4. The fraction of sp³-hybridized carbons (Fsp3) is 0.929. The second-order valence-corrected chi connectivity index (χ2v) is 5.08. The Morgan fingerprint density at radius 3 is 2.83 bits per heavy atom. The lowest BCUT2D eigenvalue weighted by Crippen LogP contribution is -2.34. The Morgan fingerprint density at radius 2 is 2.17 bits per heavy atom. The fourth-order valence-corrected chi connectivity index (χ4v) is 2.49. The van der Waals surface area contributed by atoms with Gasteiger partial charge in [0.2, 0.25) is 0 Å². The van der Waals surface area contributed by atoms with Gasteiger partial charge in [-0.15, -0.1) is 0 Å². The van der Waals surface area contributed by atoms with Crippen molar-refractivity contribution in [3.63, 3.8) is 0 Å². The fourth-order valence-electron chi connectivity index (χ4n) is 2.49. The van der Waals surface area contributed by atoms with E-state index in [1.807, 2.05) is 0 Å². The van der Waals surface area contributed by atoms with E-state index in [0.717, 1.165) is 18.8 Å². The molecule has 1 fully saturated rings. The zero-order chi connectivity index (χ0) is 13.4. The molecule has 0 heterocycles. The van der Waals surface area contributed by atoms with Crippen LogP contribution in [-0.4, -0.2) is 31.3 Å². The van der Waals surface area contributed by atoms with Crippen LogP contribution < -0.4 is 5.73 Å². The third-order valence-electron chi connectivity index (χ3n) is 3.68. The molecule has 0 bridgehead atoms. The Labute approximate surface area is 110 Å². The van der Waals surface area contributed by atoms with Crippen LogP contribution in [0.25, 0.3) is 0 Å². The van der Waals surface area contributed by atoms with Crippen molar-refractivity contribution in [2.75, 3.05) is 13.2 Å². The summed E-state index contributed by atoms with van der Waals surface area (Å²) in [6.45, 7) is 4.97. The molecule has 0 amide bonds. The first-order valence-corrected chi connectivity index (χ1v) is 7.21. The average molecular weight is 257 g/mol. The van der Waals surface area contributed by atoms with Crippen LogP contribution in [0, 0.1) is 5.92 Å². The van der Waals surface area contributed by atoms with E-state index in [9.17, 15) is 4.79 Å². The van der Waals surface area contributed by atoms with E-state index >= 15 is 0 Å². The molecule has 3 atom stereocenters. The van der Waals surface area contributed by atoms with Gasteiger partial charge in [0.25, 0.3) is 0 Å². The molecular weight excluding hydrogens is 230 g/mol. The molecule has 0 aromatic rings. The number of hydrogen-bond donors (Lipinski definition) is 1. The Bertz CT molecular complexity index is 245. The van der Waals surface area contributed by atoms with Crippen molar-refractivity contribution >= 4 is 5.97 Å². The van der Waals surface area contributed by atoms with Gasteiger partial charge in [0, 0.05) is 6.61 Å². The van der Waals surface area contributed by atoms with Crippen molar-refractivity contribution in [1.29, 1.82) is 0 Å². The van der Waals surface area contributed by atoms with Crippen molar-refractivity contribution in [1.82, 2.24) is 0 Å². The molecule has 4 nitrogen and oxygen atoms in total. The van der Waals surface area contributed by atoms with E-state index < -0.39 is 6.04 Å². The molecule has 0 aromatic heterocycles. The van der Waals surface area contributed by atoms with Gasteiger partial charge < -0.3 is 15.2 Å². The van der Waals surface area contributed by atoms with Crippen molar-refractivity contribution in [3.8, 4) is 0 Å². The van der Waals surface area contributed by atoms with Crippen molar-refractivity contribution < 1.29 is 14.3 Å². The molecule has 4 heteroatoms. The summed E-state index contributed by atoms with van der Waals surface area (Å²) < 4.78 is 10.7. The standard InChI is InChI=1S/C14H27NO3/c1-3-11-6-5-7-12(10-11)18-9-8-13(15)14(16)17-4-2/h11-13H,3-10,15H2,1-2H3. The second-order valence-electron chi connectivity index (χ2n) is 5.08. The monoisotopic (exact) mass is 257 g/mol. The molecule has 106 valence electrons. The predicted molar refractivity (Wildman–Crippen MR) is 71.2 cm³/mol. The number of carbonyl (C=O) groups excluding carboxylic acids is 1. The molecule has 0 aromatic carbocycles. The van der Waals surface area contributed by atoms with E-state index in [0.29, 0.717) is 25.7 Å². The number of rotatable bonds is 7. The maximum Gasteiger partial charge on any atom is 0.322 e. The van der Waals surface area contributed by atoms with E-state index in [2.05, 4.69) is 6.92 Å². The number of esters is 1. The van der Waals surface area contributed by atoms with Gasteiger partial charge in [0.1, 0.15) is 6.04 Å². The summed E-state index contributed by atoms with van der Waals surface area (Å²) in [7, 11) is 0. The highest BCUT2D eigenvalue weighted by Crippen LogP contribution is 2.28. The summed E-state index contributed by atoms with van der Waals surface area (Å²) in [4.78, 5) is 11.3. The largest absolute Gasteiger partial charge is 0.465 e. The summed E-state index contributed by atoms with van der Waals surface area (Å²) in [6.07, 6.45) is 7.04. The molecule has 1 aliphatic carbocycles. The van der Waals surface area contributed by atoms with Gasteiger partial charge in [-0.2, -0.15) is 0 Å². The van der Waals surface area contributed by atoms with E-state index in [1.54, 1.807) is 6.92 Å². The smallest absolute Gasteiger partial charge is 0.322 e. The third-order valence-corrected chi connectivity index (χ3v) is 3.68. The van der Waals surface area contributed by atoms with E-state index in [4.69, 9.17) is 15.2 Å². The Balaban J connectivity index is 2.15. The topological polar surface area (TPSA) is 61.5 Å². The van der Waals surface area contributed by atoms with Gasteiger partial charge in [-0.1, -0.05) is 26.2 Å². The van der Waals surface area contributed by atoms with Crippen LogP contribution in [0.4, 0.5) is 0 Å². The van der Waals surface area contributed by atoms with Gasteiger partial charge in [-0.05, 0) is 32.1 Å². The normalized spacial score (nSPS) is 25.7. The van der Waals surface area contributed by atoms with Crippen LogP contribution in [0.1, 0.15) is 52.4 Å². The molecule has 0 saturated heterocycles. The molecular formula is C14H27NO3. The number of nitrogens with two attached hydrogens (primary N) is 1. The highest BCUT2D eigenvalue weighted by atomic mass is 16.5. The maximum atomic E-state index is 11.3. The summed E-state index contributed by atoms with van der Waals surface area (Å²) in [5.74, 6) is 0.485. The minimum Gasteiger partial charge on any atom is -0.465 e. The Kier molecular flexibility index (Phi) is 7.28. The van der Waals surface area contributed by atoms with Crippen molar-refractivity contribution in [2.45, 2.75) is 64.5 Å². The summed E-state index contributed by atoms with van der Waals surface area (Å²) >= 11 is 0. The molecule has 1 saturated carbocycles. The van der Waals surface area contributed by atoms with Gasteiger partial charge in [-0.25, -0.2) is 0 Å². The van der Waals surface area contributed by atoms with Gasteiger partial charge in [0.05, 0.1) is 12.7 Å². The first-order valence-electron chi connectivity index (χ1n) is 7.21. The molecule has 2 N–H and O–H groups in total. The minimum atomic E-state index is -0.546. The quantitative estimate of drug-likeness (QED) is 0.711. The predicted octanol–water partition coefficient (Wildman–Crippen LogP) is 2.25. The van der Waals surface area contributed by atoms with Crippen LogP contribution in [0.2, 0.25) is 0 Å². The van der Waals surface area contributed by atoms with Crippen LogP contribution in [0.3, 0.4) is 0 Å². The highest BCUT2D eigenvalue weighted by molar-refractivity contribution is 5.75. The van der Waals surface area contributed by atoms with Gasteiger partial charge >= 0.3 is 5.97 Å².